The van der Waals surface area contributed by atoms with Gasteiger partial charge in [0.15, 0.2) is 5.78 Å². The van der Waals surface area contributed by atoms with Gasteiger partial charge in [-0.25, -0.2) is 0 Å². The van der Waals surface area contributed by atoms with E-state index < -0.39 is 0 Å². The highest BCUT2D eigenvalue weighted by atomic mass is 16.1. The van der Waals surface area contributed by atoms with Crippen molar-refractivity contribution in [2.75, 3.05) is 0 Å². The van der Waals surface area contributed by atoms with Crippen LogP contribution in [-0.4, -0.2) is 5.78 Å². The number of unbranched alkanes of at least 4 members (excludes halogenated alkanes) is 3. The Kier molecular flexibility index (Phi) is 7.57. The van der Waals surface area contributed by atoms with Gasteiger partial charge in [-0.05, 0) is 24.5 Å². The lowest BCUT2D eigenvalue weighted by atomic mass is 9.94. The highest BCUT2D eigenvalue weighted by Crippen LogP contribution is 2.20. The van der Waals surface area contributed by atoms with E-state index in [1.165, 1.54) is 19.3 Å². The Morgan fingerprint density at radius 2 is 2.00 bits per heavy atom. The average molecular weight is 256 g/mol. The van der Waals surface area contributed by atoms with Gasteiger partial charge in [-0.2, -0.15) is 0 Å². The Morgan fingerprint density at radius 3 is 2.63 bits per heavy atom. The van der Waals surface area contributed by atoms with Crippen LogP contribution < -0.4 is 0 Å². The molecule has 1 atom stereocenters. The molecule has 19 heavy (non-hydrogen) atoms. The summed E-state index contributed by atoms with van der Waals surface area (Å²) < 4.78 is 0. The third kappa shape index (κ3) is 6.19. The topological polar surface area (TPSA) is 17.1 Å². The Balaban J connectivity index is 2.44. The van der Waals surface area contributed by atoms with Gasteiger partial charge in [0.25, 0.3) is 0 Å². The third-order valence-electron chi connectivity index (χ3n) is 3.21. The molecule has 0 heterocycles. The summed E-state index contributed by atoms with van der Waals surface area (Å²) >= 11 is 0. The van der Waals surface area contributed by atoms with Crippen molar-refractivity contribution in [1.82, 2.24) is 0 Å². The maximum Gasteiger partial charge on any atom is 0.156 e. The molecule has 1 aromatic rings. The van der Waals surface area contributed by atoms with Crippen LogP contribution in [0.5, 0.6) is 0 Å². The van der Waals surface area contributed by atoms with Crippen LogP contribution in [0.15, 0.2) is 55.1 Å². The zero-order chi connectivity index (χ0) is 13.9. The van der Waals surface area contributed by atoms with E-state index >= 15 is 0 Å². The second-order valence-corrected chi connectivity index (χ2v) is 4.82. The molecule has 0 spiro atoms. The Bertz CT molecular complexity index is 403. The number of benzene rings is 1. The van der Waals surface area contributed by atoms with Gasteiger partial charge >= 0.3 is 0 Å². The van der Waals surface area contributed by atoms with Crippen LogP contribution >= 0.6 is 0 Å². The molecule has 0 saturated carbocycles. The van der Waals surface area contributed by atoms with Gasteiger partial charge < -0.3 is 0 Å². The van der Waals surface area contributed by atoms with Crippen molar-refractivity contribution in [3.8, 4) is 0 Å². The van der Waals surface area contributed by atoms with Crippen molar-refractivity contribution in [1.29, 1.82) is 0 Å². The molecule has 102 valence electrons. The summed E-state index contributed by atoms with van der Waals surface area (Å²) in [7, 11) is 0. The van der Waals surface area contributed by atoms with Gasteiger partial charge in [0.1, 0.15) is 0 Å². The number of hydrogen-bond acceptors (Lipinski definition) is 1. The van der Waals surface area contributed by atoms with E-state index in [4.69, 9.17) is 0 Å². The molecule has 0 unspecified atom stereocenters. The summed E-state index contributed by atoms with van der Waals surface area (Å²) in [6, 6.07) is 10.1. The first-order valence-electron chi connectivity index (χ1n) is 7.14. The number of hydrogen-bond donors (Lipinski definition) is 0. The van der Waals surface area contributed by atoms with Gasteiger partial charge in [0, 0.05) is 12.3 Å². The maximum atomic E-state index is 11.9. The molecule has 0 saturated heterocycles. The molecular weight excluding hydrogens is 232 g/mol. The minimum Gasteiger partial charge on any atom is -0.295 e. The quantitative estimate of drug-likeness (QED) is 0.343. The van der Waals surface area contributed by atoms with Crippen molar-refractivity contribution >= 4 is 5.78 Å². The van der Waals surface area contributed by atoms with Crippen LogP contribution in [-0.2, 0) is 4.79 Å². The van der Waals surface area contributed by atoms with Gasteiger partial charge in [-0.15, -0.1) is 6.58 Å². The van der Waals surface area contributed by atoms with E-state index in [9.17, 15) is 4.79 Å². The largest absolute Gasteiger partial charge is 0.295 e. The predicted molar refractivity (Wildman–Crippen MR) is 82.3 cm³/mol. The van der Waals surface area contributed by atoms with Gasteiger partial charge in [-0.3, -0.25) is 4.79 Å². The minimum atomic E-state index is 0.119. The van der Waals surface area contributed by atoms with Crippen LogP contribution in [0.3, 0.4) is 0 Å². The van der Waals surface area contributed by atoms with E-state index in [0.29, 0.717) is 6.42 Å². The normalized spacial score (nSPS) is 12.5. The fourth-order valence-corrected chi connectivity index (χ4v) is 2.05. The standard InChI is InChI=1S/C18H24O/c1-3-5-6-7-11-14-18(19)15-16(4-2)17-12-9-8-10-13-17/h4,8-14,16H,2-3,5-7,15H2,1H3/b14-11+/t16-/m0/s1. The number of allylic oxidation sites excluding steroid dienone is 3. The second kappa shape index (κ2) is 9.32. The molecule has 0 aromatic heterocycles. The van der Waals surface area contributed by atoms with Crippen molar-refractivity contribution in [3.63, 3.8) is 0 Å². The maximum absolute atomic E-state index is 11.9. The van der Waals surface area contributed by atoms with Gasteiger partial charge in [0.2, 0.25) is 0 Å². The summed E-state index contributed by atoms with van der Waals surface area (Å²) in [6.45, 7) is 6.02. The number of carbonyl (C=O) groups excluding carboxylic acids is 1. The van der Waals surface area contributed by atoms with E-state index in [1.54, 1.807) is 6.08 Å². The van der Waals surface area contributed by atoms with E-state index in [2.05, 4.69) is 13.5 Å². The number of rotatable bonds is 9. The molecule has 0 radical (unpaired) electrons. The zero-order valence-corrected chi connectivity index (χ0v) is 11.8. The summed E-state index contributed by atoms with van der Waals surface area (Å²) in [4.78, 5) is 11.9. The molecule has 0 aliphatic rings. The molecule has 0 amide bonds. The summed E-state index contributed by atoms with van der Waals surface area (Å²) in [5, 5.41) is 0. The molecule has 1 aromatic carbocycles. The fraction of sp³-hybridized carbons (Fsp3) is 0.389. The van der Waals surface area contributed by atoms with Crippen molar-refractivity contribution in [3.05, 3.63) is 60.7 Å². The monoisotopic (exact) mass is 256 g/mol. The first-order valence-corrected chi connectivity index (χ1v) is 7.14. The second-order valence-electron chi connectivity index (χ2n) is 4.82. The average Bonchev–Trinajstić information content (AvgIpc) is 2.45. The molecule has 1 heteroatoms. The SMILES string of the molecule is C=C[C@@H](CC(=O)/C=C/CCCCC)c1ccccc1. The summed E-state index contributed by atoms with van der Waals surface area (Å²) in [5.41, 5.74) is 1.16. The van der Waals surface area contributed by atoms with Crippen LogP contribution in [0.2, 0.25) is 0 Å². The number of carbonyl (C=O) groups is 1. The highest BCUT2D eigenvalue weighted by Gasteiger charge is 2.10. The number of ketones is 1. The van der Waals surface area contributed by atoms with Gasteiger partial charge in [-0.1, -0.05) is 62.2 Å². The molecule has 0 aliphatic carbocycles. The van der Waals surface area contributed by atoms with Crippen molar-refractivity contribution < 1.29 is 4.79 Å². The lowest BCUT2D eigenvalue weighted by molar-refractivity contribution is -0.114. The predicted octanol–water partition coefficient (Wildman–Crippen LogP) is 5.05. The van der Waals surface area contributed by atoms with E-state index in [-0.39, 0.29) is 11.7 Å². The summed E-state index contributed by atoms with van der Waals surface area (Å²) in [6.07, 6.45) is 10.7. The molecule has 0 aliphatic heterocycles. The smallest absolute Gasteiger partial charge is 0.156 e. The summed E-state index contributed by atoms with van der Waals surface area (Å²) in [5.74, 6) is 0.305. The molecule has 0 N–H and O–H groups in total. The Labute approximate surface area is 117 Å². The lowest BCUT2D eigenvalue weighted by Crippen LogP contribution is -2.02. The zero-order valence-electron chi connectivity index (χ0n) is 11.8. The van der Waals surface area contributed by atoms with Crippen molar-refractivity contribution in [2.45, 2.75) is 44.9 Å². The molecule has 1 nitrogen and oxygen atoms in total. The highest BCUT2D eigenvalue weighted by molar-refractivity contribution is 5.90. The van der Waals surface area contributed by atoms with E-state index in [1.807, 2.05) is 42.5 Å². The first-order chi connectivity index (χ1) is 9.27. The fourth-order valence-electron chi connectivity index (χ4n) is 2.05. The minimum absolute atomic E-state index is 0.119. The Morgan fingerprint density at radius 1 is 1.26 bits per heavy atom. The van der Waals surface area contributed by atoms with Crippen LogP contribution in [0.4, 0.5) is 0 Å². The molecule has 0 fully saturated rings. The van der Waals surface area contributed by atoms with Crippen LogP contribution in [0.1, 0.15) is 50.5 Å². The molecule has 1 rings (SSSR count). The van der Waals surface area contributed by atoms with E-state index in [0.717, 1.165) is 12.0 Å². The van der Waals surface area contributed by atoms with Gasteiger partial charge in [0.05, 0.1) is 0 Å². The molecule has 0 bridgehead atoms. The third-order valence-corrected chi connectivity index (χ3v) is 3.21. The lowest BCUT2D eigenvalue weighted by Gasteiger charge is -2.10. The Hall–Kier alpha value is -1.63. The van der Waals surface area contributed by atoms with Crippen LogP contribution in [0, 0.1) is 0 Å². The first kappa shape index (κ1) is 15.4. The van der Waals surface area contributed by atoms with Crippen molar-refractivity contribution in [2.24, 2.45) is 0 Å². The molecular formula is C18H24O. The van der Waals surface area contributed by atoms with Crippen LogP contribution in [0.25, 0.3) is 0 Å².